The normalized spacial score (nSPS) is 35.3. The topological polar surface area (TPSA) is 119 Å². The summed E-state index contributed by atoms with van der Waals surface area (Å²) >= 11 is 0. The number of nitrogens with zero attached hydrogens (tertiary/aromatic N) is 1. The van der Waals surface area contributed by atoms with Crippen molar-refractivity contribution in [2.45, 2.75) is 50.0 Å². The van der Waals surface area contributed by atoms with Crippen LogP contribution in [0.4, 0.5) is 0 Å². The lowest BCUT2D eigenvalue weighted by Gasteiger charge is -2.41. The number of carbonyl (C=O) groups excluding carboxylic acids is 1. The second-order valence-electron chi connectivity index (χ2n) is 6.30. The first-order valence-electron chi connectivity index (χ1n) is 7.05. The molecular formula is C13H27N2O6+. The lowest BCUT2D eigenvalue weighted by atomic mass is 9.98. The van der Waals surface area contributed by atoms with Gasteiger partial charge in [-0.25, -0.2) is 0 Å². The van der Waals surface area contributed by atoms with Crippen LogP contribution in [0.3, 0.4) is 0 Å². The summed E-state index contributed by atoms with van der Waals surface area (Å²) in [4.78, 5) is 12.3. The molecule has 1 aliphatic rings. The number of ether oxygens (including phenoxy) is 1. The number of likely N-dealkylation sites (N-methyl/N-ethyl adjacent to an activating group) is 1. The van der Waals surface area contributed by atoms with Crippen LogP contribution in [0.25, 0.3) is 0 Å². The number of hydrogen-bond donors (Lipinski definition) is 5. The average molecular weight is 307 g/mol. The third-order valence-corrected chi connectivity index (χ3v) is 3.80. The Morgan fingerprint density at radius 2 is 1.76 bits per heavy atom. The van der Waals surface area contributed by atoms with Crippen molar-refractivity contribution in [1.82, 2.24) is 5.32 Å². The van der Waals surface area contributed by atoms with Gasteiger partial charge < -0.3 is 35.0 Å². The number of amides is 1. The summed E-state index contributed by atoms with van der Waals surface area (Å²) in [5.41, 5.74) is 0. The molecule has 3 unspecified atom stereocenters. The van der Waals surface area contributed by atoms with Crippen LogP contribution in [0.1, 0.15) is 13.3 Å². The zero-order valence-corrected chi connectivity index (χ0v) is 12.9. The SMILES string of the molecule is CCC(C(=O)N[C@@H]1OC(CO)[C@H](O)[C@H](O)C1O)[N+](C)(C)C. The molecule has 1 rings (SSSR count). The van der Waals surface area contributed by atoms with E-state index in [0.717, 1.165) is 0 Å². The van der Waals surface area contributed by atoms with Gasteiger partial charge in [-0.3, -0.25) is 4.79 Å². The van der Waals surface area contributed by atoms with E-state index in [2.05, 4.69) is 5.32 Å². The molecule has 6 atom stereocenters. The van der Waals surface area contributed by atoms with Crippen molar-refractivity contribution in [1.29, 1.82) is 0 Å². The highest BCUT2D eigenvalue weighted by Crippen LogP contribution is 2.20. The zero-order chi connectivity index (χ0) is 16.4. The van der Waals surface area contributed by atoms with Crippen LogP contribution in [-0.2, 0) is 9.53 Å². The maximum absolute atomic E-state index is 12.3. The largest absolute Gasteiger partial charge is 0.394 e. The maximum atomic E-state index is 12.3. The van der Waals surface area contributed by atoms with Crippen LogP contribution >= 0.6 is 0 Å². The summed E-state index contributed by atoms with van der Waals surface area (Å²) in [5.74, 6) is -0.325. The fourth-order valence-corrected chi connectivity index (χ4v) is 2.54. The third kappa shape index (κ3) is 4.12. The summed E-state index contributed by atoms with van der Waals surface area (Å²) in [7, 11) is 5.63. The van der Waals surface area contributed by atoms with Gasteiger partial charge >= 0.3 is 0 Å². The smallest absolute Gasteiger partial charge is 0.280 e. The van der Waals surface area contributed by atoms with Crippen molar-refractivity contribution < 1.29 is 34.4 Å². The first-order valence-corrected chi connectivity index (χ1v) is 7.05. The molecule has 1 fully saturated rings. The molecule has 1 amide bonds. The Hall–Kier alpha value is -0.770. The van der Waals surface area contributed by atoms with E-state index in [1.165, 1.54) is 0 Å². The van der Waals surface area contributed by atoms with E-state index in [1.807, 2.05) is 28.1 Å². The number of nitrogens with one attached hydrogen (secondary N) is 1. The van der Waals surface area contributed by atoms with E-state index in [0.29, 0.717) is 10.9 Å². The number of hydrogen-bond acceptors (Lipinski definition) is 6. The molecule has 0 saturated carbocycles. The average Bonchev–Trinajstić information content (AvgIpc) is 2.38. The summed E-state index contributed by atoms with van der Waals surface area (Å²) in [6.45, 7) is 1.35. The highest BCUT2D eigenvalue weighted by Gasteiger charge is 2.45. The second-order valence-corrected chi connectivity index (χ2v) is 6.30. The standard InChI is InChI=1S/C13H26N2O6/c1-5-7(15(2,3)4)12(20)14-13-11(19)10(18)9(17)8(6-16)21-13/h7-11,13,16-19H,5-6H2,1-4H3/p+1/t7?,8?,9-,10-,11?,13+/m0/s1. The molecule has 0 aliphatic carbocycles. The van der Waals surface area contributed by atoms with Gasteiger partial charge in [-0.15, -0.1) is 0 Å². The number of rotatable bonds is 5. The van der Waals surface area contributed by atoms with Crippen LogP contribution < -0.4 is 5.32 Å². The minimum absolute atomic E-state index is 0.325. The molecular weight excluding hydrogens is 280 g/mol. The minimum Gasteiger partial charge on any atom is -0.394 e. The van der Waals surface area contributed by atoms with E-state index in [9.17, 15) is 20.1 Å². The van der Waals surface area contributed by atoms with Crippen molar-refractivity contribution in [2.75, 3.05) is 27.7 Å². The van der Waals surface area contributed by atoms with Gasteiger partial charge in [0.2, 0.25) is 0 Å². The summed E-state index contributed by atoms with van der Waals surface area (Å²) in [6, 6.07) is -0.350. The second kappa shape index (κ2) is 6.99. The van der Waals surface area contributed by atoms with Crippen LogP contribution in [0.15, 0.2) is 0 Å². The Bertz CT molecular complexity index is 357. The van der Waals surface area contributed by atoms with E-state index in [1.54, 1.807) is 0 Å². The molecule has 8 heteroatoms. The van der Waals surface area contributed by atoms with Crippen molar-refractivity contribution in [3.63, 3.8) is 0 Å². The first kappa shape index (κ1) is 18.3. The lowest BCUT2D eigenvalue weighted by Crippen LogP contribution is -2.65. The molecule has 1 heterocycles. The molecule has 0 aromatic heterocycles. The summed E-state index contributed by atoms with van der Waals surface area (Å²) in [5, 5.41) is 40.9. The quantitative estimate of drug-likeness (QED) is 0.355. The minimum atomic E-state index is -1.49. The molecule has 0 spiro atoms. The molecule has 0 aromatic carbocycles. The fraction of sp³-hybridized carbons (Fsp3) is 0.923. The molecule has 5 N–H and O–H groups in total. The van der Waals surface area contributed by atoms with Gasteiger partial charge in [0, 0.05) is 6.42 Å². The predicted octanol–water partition coefficient (Wildman–Crippen LogP) is -2.61. The van der Waals surface area contributed by atoms with Crippen molar-refractivity contribution in [3.8, 4) is 0 Å². The predicted molar refractivity (Wildman–Crippen MR) is 74.0 cm³/mol. The molecule has 8 nitrogen and oxygen atoms in total. The van der Waals surface area contributed by atoms with Gasteiger partial charge in [0.1, 0.15) is 24.4 Å². The van der Waals surface area contributed by atoms with Crippen LogP contribution in [0, 0.1) is 0 Å². The first-order chi connectivity index (χ1) is 9.63. The Balaban J connectivity index is 2.79. The summed E-state index contributed by atoms with van der Waals surface area (Å²) < 4.78 is 5.66. The fourth-order valence-electron chi connectivity index (χ4n) is 2.54. The van der Waals surface area contributed by atoms with E-state index in [-0.39, 0.29) is 11.9 Å². The van der Waals surface area contributed by atoms with Crippen LogP contribution in [0.5, 0.6) is 0 Å². The Morgan fingerprint density at radius 1 is 1.19 bits per heavy atom. The van der Waals surface area contributed by atoms with E-state index in [4.69, 9.17) is 9.84 Å². The molecule has 1 saturated heterocycles. The Morgan fingerprint density at radius 3 is 2.19 bits per heavy atom. The Kier molecular flexibility index (Phi) is 6.09. The van der Waals surface area contributed by atoms with Crippen molar-refractivity contribution in [3.05, 3.63) is 0 Å². The number of aliphatic hydroxyl groups excluding tert-OH is 4. The molecule has 21 heavy (non-hydrogen) atoms. The number of aliphatic hydroxyl groups is 4. The molecule has 1 aliphatic heterocycles. The van der Waals surface area contributed by atoms with Crippen LogP contribution in [0.2, 0.25) is 0 Å². The lowest BCUT2D eigenvalue weighted by molar-refractivity contribution is -0.886. The van der Waals surface area contributed by atoms with Gasteiger partial charge in [0.25, 0.3) is 5.91 Å². The molecule has 0 radical (unpaired) electrons. The van der Waals surface area contributed by atoms with Crippen molar-refractivity contribution >= 4 is 5.91 Å². The zero-order valence-electron chi connectivity index (χ0n) is 12.9. The molecule has 0 aromatic rings. The maximum Gasteiger partial charge on any atom is 0.280 e. The van der Waals surface area contributed by atoms with Crippen molar-refractivity contribution in [2.24, 2.45) is 0 Å². The van der Waals surface area contributed by atoms with E-state index < -0.39 is 37.3 Å². The highest BCUT2D eigenvalue weighted by molar-refractivity contribution is 5.80. The van der Waals surface area contributed by atoms with Gasteiger partial charge in [0.05, 0.1) is 27.7 Å². The van der Waals surface area contributed by atoms with Gasteiger partial charge in [-0.1, -0.05) is 6.92 Å². The highest BCUT2D eigenvalue weighted by atomic mass is 16.6. The summed E-state index contributed by atoms with van der Waals surface area (Å²) in [6.07, 6.45) is -6.00. The third-order valence-electron chi connectivity index (χ3n) is 3.80. The van der Waals surface area contributed by atoms with E-state index >= 15 is 0 Å². The number of quaternary nitrogens is 1. The Labute approximate surface area is 124 Å². The van der Waals surface area contributed by atoms with Gasteiger partial charge in [0.15, 0.2) is 12.3 Å². The van der Waals surface area contributed by atoms with Crippen LogP contribution in [-0.4, -0.2) is 95.3 Å². The molecule has 124 valence electrons. The number of carbonyl (C=O) groups is 1. The molecule has 0 bridgehead atoms. The van der Waals surface area contributed by atoms with Gasteiger partial charge in [-0.2, -0.15) is 0 Å². The monoisotopic (exact) mass is 307 g/mol. The van der Waals surface area contributed by atoms with Gasteiger partial charge in [-0.05, 0) is 0 Å².